The summed E-state index contributed by atoms with van der Waals surface area (Å²) < 4.78 is 6.15. The smallest absolute Gasteiger partial charge is 0.408 e. The summed E-state index contributed by atoms with van der Waals surface area (Å²) in [6.45, 7) is 10.3. The second kappa shape index (κ2) is 8.14. The topological polar surface area (TPSA) is 72.5 Å². The molecule has 4 aliphatic rings. The molecule has 1 amide bonds. The number of amides is 1. The summed E-state index contributed by atoms with van der Waals surface area (Å²) in [5.74, 6) is 1.45. The van der Waals surface area contributed by atoms with E-state index in [0.29, 0.717) is 30.6 Å². The Hall–Kier alpha value is -1.91. The summed E-state index contributed by atoms with van der Waals surface area (Å²) in [4.78, 5) is 38.2. The van der Waals surface area contributed by atoms with Crippen LogP contribution in [0, 0.1) is 28.6 Å². The van der Waals surface area contributed by atoms with Crippen molar-refractivity contribution in [2.75, 3.05) is 0 Å². The van der Waals surface area contributed by atoms with Gasteiger partial charge in [-0.15, -0.1) is 0 Å². The van der Waals surface area contributed by atoms with Crippen LogP contribution in [0.1, 0.15) is 86.0 Å². The molecule has 0 aromatic carbocycles. The van der Waals surface area contributed by atoms with Crippen molar-refractivity contribution >= 4 is 17.7 Å². The lowest BCUT2D eigenvalue weighted by molar-refractivity contribution is -0.161. The lowest BCUT2D eigenvalue weighted by atomic mass is 9.47. The molecule has 176 valence electrons. The molecule has 1 N–H and O–H groups in total. The maximum atomic E-state index is 13.4. The molecule has 0 saturated heterocycles. The van der Waals surface area contributed by atoms with Gasteiger partial charge in [-0.05, 0) is 81.8 Å². The van der Waals surface area contributed by atoms with Crippen molar-refractivity contribution < 1.29 is 19.1 Å². The number of alkyl carbamates (subject to hydrolysis) is 1. The normalized spacial score (nSPS) is 41.1. The zero-order valence-corrected chi connectivity index (χ0v) is 20.3. The van der Waals surface area contributed by atoms with Gasteiger partial charge in [-0.1, -0.05) is 39.3 Å². The van der Waals surface area contributed by atoms with Gasteiger partial charge in [0.25, 0.3) is 0 Å². The molecule has 3 fully saturated rings. The molecule has 32 heavy (non-hydrogen) atoms. The highest BCUT2D eigenvalue weighted by Crippen LogP contribution is 2.68. The molecule has 1 unspecified atom stereocenters. The molecular weight excluding hydrogens is 402 g/mol. The van der Waals surface area contributed by atoms with Crippen molar-refractivity contribution in [3.8, 4) is 0 Å². The van der Waals surface area contributed by atoms with Gasteiger partial charge in [0.1, 0.15) is 0 Å². The van der Waals surface area contributed by atoms with E-state index in [1.807, 2.05) is 26.8 Å². The van der Waals surface area contributed by atoms with Crippen LogP contribution in [-0.4, -0.2) is 29.3 Å². The van der Waals surface area contributed by atoms with Gasteiger partial charge in [-0.2, -0.15) is 0 Å². The lowest BCUT2D eigenvalue weighted by Crippen LogP contribution is -2.59. The van der Waals surface area contributed by atoms with E-state index in [1.54, 1.807) is 6.08 Å². The zero-order valence-electron chi connectivity index (χ0n) is 20.3. The molecule has 0 spiro atoms. The molecular formula is C27H39NO4. The first-order valence-electron chi connectivity index (χ1n) is 12.6. The quantitative estimate of drug-likeness (QED) is 0.608. The first-order chi connectivity index (χ1) is 15.1. The fourth-order valence-electron chi connectivity index (χ4n) is 7.65. The van der Waals surface area contributed by atoms with Crippen LogP contribution in [0.15, 0.2) is 23.8 Å². The van der Waals surface area contributed by atoms with Crippen LogP contribution in [0.5, 0.6) is 0 Å². The van der Waals surface area contributed by atoms with Gasteiger partial charge in [0.05, 0.1) is 0 Å². The number of carbonyl (C=O) groups is 3. The molecule has 0 aliphatic heterocycles. The van der Waals surface area contributed by atoms with Crippen LogP contribution in [0.2, 0.25) is 0 Å². The molecule has 0 radical (unpaired) electrons. The van der Waals surface area contributed by atoms with E-state index < -0.39 is 11.7 Å². The van der Waals surface area contributed by atoms with E-state index in [1.165, 1.54) is 5.57 Å². The van der Waals surface area contributed by atoms with Crippen LogP contribution < -0.4 is 5.32 Å². The Morgan fingerprint density at radius 2 is 1.88 bits per heavy atom. The number of ether oxygens (including phenoxy) is 1. The van der Waals surface area contributed by atoms with Gasteiger partial charge in [0, 0.05) is 23.3 Å². The number of hydrogen-bond donors (Lipinski definition) is 1. The minimum atomic E-state index is -1.04. The van der Waals surface area contributed by atoms with Crippen molar-refractivity contribution in [3.05, 3.63) is 23.8 Å². The fourth-order valence-corrected chi connectivity index (χ4v) is 7.65. The van der Waals surface area contributed by atoms with Gasteiger partial charge in [-0.25, -0.2) is 4.79 Å². The van der Waals surface area contributed by atoms with Crippen LogP contribution in [0.4, 0.5) is 4.79 Å². The summed E-state index contributed by atoms with van der Waals surface area (Å²) in [5, 5.41) is 2.91. The number of hydrogen-bond acceptors (Lipinski definition) is 4. The monoisotopic (exact) mass is 441 g/mol. The minimum Gasteiger partial charge on any atom is -0.434 e. The maximum absolute atomic E-state index is 13.4. The van der Waals surface area contributed by atoms with Crippen molar-refractivity contribution in [1.82, 2.24) is 5.32 Å². The predicted octanol–water partition coefficient (Wildman–Crippen LogP) is 5.54. The van der Waals surface area contributed by atoms with E-state index in [9.17, 15) is 14.4 Å². The van der Waals surface area contributed by atoms with E-state index in [4.69, 9.17) is 4.74 Å². The van der Waals surface area contributed by atoms with Gasteiger partial charge in [0.2, 0.25) is 0 Å². The Morgan fingerprint density at radius 1 is 1.16 bits per heavy atom. The van der Waals surface area contributed by atoms with E-state index >= 15 is 0 Å². The highest BCUT2D eigenvalue weighted by atomic mass is 16.6. The van der Waals surface area contributed by atoms with Crippen LogP contribution >= 0.6 is 0 Å². The molecule has 4 rings (SSSR count). The third-order valence-corrected chi connectivity index (χ3v) is 9.69. The van der Waals surface area contributed by atoms with Gasteiger partial charge < -0.3 is 10.1 Å². The molecule has 0 bridgehead atoms. The molecule has 5 nitrogen and oxygen atoms in total. The average Bonchev–Trinajstić information content (AvgIpc) is 3.06. The average molecular weight is 442 g/mol. The summed E-state index contributed by atoms with van der Waals surface area (Å²) >= 11 is 0. The van der Waals surface area contributed by atoms with E-state index in [0.717, 1.165) is 38.5 Å². The first-order valence-corrected chi connectivity index (χ1v) is 12.6. The number of allylic oxidation sites excluding steroid dienone is 4. The highest BCUT2D eigenvalue weighted by Gasteiger charge is 2.68. The summed E-state index contributed by atoms with van der Waals surface area (Å²) in [5.41, 5.74) is -0.190. The number of Topliss-reactive ketones (excluding diaryl/α,β-unsaturated/α-hetero) is 1. The largest absolute Gasteiger partial charge is 0.434 e. The zero-order chi connectivity index (χ0) is 23.3. The second-order valence-electron chi connectivity index (χ2n) is 11.0. The highest BCUT2D eigenvalue weighted by molar-refractivity contribution is 6.01. The molecule has 0 aromatic rings. The van der Waals surface area contributed by atoms with Crippen LogP contribution in [0.25, 0.3) is 0 Å². The molecule has 7 atom stereocenters. The number of carbonyl (C=O) groups excluding carboxylic acids is 3. The van der Waals surface area contributed by atoms with Crippen LogP contribution in [-0.2, 0) is 14.3 Å². The Bertz CT molecular complexity index is 875. The number of nitrogens with one attached hydrogen (secondary N) is 1. The van der Waals surface area contributed by atoms with Gasteiger partial charge >= 0.3 is 6.09 Å². The first kappa shape index (κ1) is 23.3. The Morgan fingerprint density at radius 3 is 2.56 bits per heavy atom. The predicted molar refractivity (Wildman–Crippen MR) is 124 cm³/mol. The third-order valence-electron chi connectivity index (χ3n) is 9.69. The third kappa shape index (κ3) is 3.30. The SMILES string of the molecule is CCC(=O)[C@@]1(OC(=O)NC(C)CC)CC[C@H]2[C@@H]3CCC4=CC(=O)C=C[C@]4(C)[C@H]3CC[C@@]21C. The molecule has 5 heteroatoms. The summed E-state index contributed by atoms with van der Waals surface area (Å²) in [7, 11) is 0. The number of ketones is 2. The maximum Gasteiger partial charge on any atom is 0.408 e. The van der Waals surface area contributed by atoms with Gasteiger partial charge in [-0.3, -0.25) is 9.59 Å². The summed E-state index contributed by atoms with van der Waals surface area (Å²) in [6, 6.07) is 0.0151. The molecule has 3 saturated carbocycles. The van der Waals surface area contributed by atoms with E-state index in [2.05, 4.69) is 25.2 Å². The molecule has 0 aromatic heterocycles. The lowest BCUT2D eigenvalue weighted by Gasteiger charge is -2.58. The van der Waals surface area contributed by atoms with Crippen molar-refractivity contribution in [2.45, 2.75) is 97.6 Å². The Kier molecular flexibility index (Phi) is 5.92. The Balaban J connectivity index is 1.65. The van der Waals surface area contributed by atoms with Crippen molar-refractivity contribution in [3.63, 3.8) is 0 Å². The molecule has 0 heterocycles. The van der Waals surface area contributed by atoms with E-state index in [-0.39, 0.29) is 28.4 Å². The summed E-state index contributed by atoms with van der Waals surface area (Å²) in [6.07, 6.45) is 11.8. The number of fused-ring (bicyclic) bond motifs is 5. The molecule has 4 aliphatic carbocycles. The number of rotatable bonds is 5. The van der Waals surface area contributed by atoms with Crippen molar-refractivity contribution in [1.29, 1.82) is 0 Å². The Labute approximate surface area is 192 Å². The van der Waals surface area contributed by atoms with Crippen molar-refractivity contribution in [2.24, 2.45) is 28.6 Å². The second-order valence-corrected chi connectivity index (χ2v) is 11.0. The minimum absolute atomic E-state index is 0.0151. The standard InChI is InChI=1S/C27H39NO4/c1-6-17(3)28-24(31)32-27(23(30)7-2)15-12-22-20-9-8-18-16-19(29)10-13-25(18,4)21(20)11-14-26(22,27)5/h10,13,16-17,20-22H,6-9,11-12,14-15H2,1-5H3,(H,28,31)/t17?,20-,21+,22+,25+,26+,27+/m1/s1. The fraction of sp³-hybridized carbons (Fsp3) is 0.741. The van der Waals surface area contributed by atoms with Crippen LogP contribution in [0.3, 0.4) is 0 Å². The van der Waals surface area contributed by atoms with Gasteiger partial charge in [0.15, 0.2) is 17.2 Å².